The quantitative estimate of drug-likeness (QED) is 0.635. The van der Waals surface area contributed by atoms with E-state index in [0.717, 1.165) is 12.0 Å². The second-order valence-corrected chi connectivity index (χ2v) is 5.98. The molecule has 0 amide bonds. The van der Waals surface area contributed by atoms with Gasteiger partial charge in [0.25, 0.3) is 0 Å². The minimum absolute atomic E-state index is 0.456. The summed E-state index contributed by atoms with van der Waals surface area (Å²) in [5.41, 5.74) is 0.456. The van der Waals surface area contributed by atoms with Crippen molar-refractivity contribution in [1.82, 2.24) is 4.90 Å². The van der Waals surface area contributed by atoms with Crippen LogP contribution in [0.4, 0.5) is 0 Å². The normalized spacial score (nSPS) is 25.8. The molecule has 1 saturated heterocycles. The number of rotatable bonds is 2. The van der Waals surface area contributed by atoms with Gasteiger partial charge in [-0.3, -0.25) is 4.90 Å². The molecule has 13 heavy (non-hydrogen) atoms. The molecule has 1 atom stereocenters. The van der Waals surface area contributed by atoms with E-state index in [2.05, 4.69) is 39.5 Å². The summed E-state index contributed by atoms with van der Waals surface area (Å²) in [6.07, 6.45) is 2.81. The Morgan fingerprint density at radius 1 is 1.31 bits per heavy atom. The van der Waals surface area contributed by atoms with Gasteiger partial charge in [0.2, 0.25) is 0 Å². The lowest BCUT2D eigenvalue weighted by atomic mass is 9.94. The fraction of sp³-hybridized carbons (Fsp3) is 1.00. The van der Waals surface area contributed by atoms with Crippen LogP contribution in [0.15, 0.2) is 0 Å². The van der Waals surface area contributed by atoms with Gasteiger partial charge < -0.3 is 0 Å². The molecular weight excluding hydrogens is 158 g/mol. The van der Waals surface area contributed by atoms with Crippen LogP contribution < -0.4 is 0 Å². The fourth-order valence-electron chi connectivity index (χ4n) is 2.41. The predicted molar refractivity (Wildman–Crippen MR) is 58.9 cm³/mol. The molecule has 0 aromatic rings. The van der Waals surface area contributed by atoms with Crippen molar-refractivity contribution in [3.05, 3.63) is 0 Å². The second-order valence-electron chi connectivity index (χ2n) is 5.98. The molecule has 1 fully saturated rings. The van der Waals surface area contributed by atoms with E-state index in [4.69, 9.17) is 0 Å². The Hall–Kier alpha value is -0.0400. The van der Waals surface area contributed by atoms with Gasteiger partial charge in [0.05, 0.1) is 0 Å². The predicted octanol–water partition coefficient (Wildman–Crippen LogP) is 3.15. The minimum Gasteiger partial charge on any atom is -0.300 e. The van der Waals surface area contributed by atoms with Crippen molar-refractivity contribution in [2.45, 2.75) is 53.5 Å². The summed E-state index contributed by atoms with van der Waals surface area (Å²) in [6.45, 7) is 14.3. The van der Waals surface area contributed by atoms with E-state index < -0.39 is 0 Å². The van der Waals surface area contributed by atoms with Gasteiger partial charge in [-0.15, -0.1) is 0 Å². The molecular formula is C12H25N. The van der Waals surface area contributed by atoms with Crippen molar-refractivity contribution in [3.63, 3.8) is 0 Å². The van der Waals surface area contributed by atoms with Gasteiger partial charge in [-0.05, 0) is 30.7 Å². The monoisotopic (exact) mass is 183 g/mol. The van der Waals surface area contributed by atoms with Gasteiger partial charge in [-0.2, -0.15) is 0 Å². The maximum atomic E-state index is 2.69. The lowest BCUT2D eigenvalue weighted by Gasteiger charge is -2.33. The lowest BCUT2D eigenvalue weighted by Crippen LogP contribution is -2.39. The summed E-state index contributed by atoms with van der Waals surface area (Å²) in [5, 5.41) is 0. The highest BCUT2D eigenvalue weighted by atomic mass is 15.2. The second kappa shape index (κ2) is 4.00. The van der Waals surface area contributed by atoms with Crippen LogP contribution in [-0.2, 0) is 0 Å². The van der Waals surface area contributed by atoms with Gasteiger partial charge in [-0.1, -0.05) is 34.6 Å². The van der Waals surface area contributed by atoms with E-state index in [-0.39, 0.29) is 0 Å². The molecule has 0 saturated carbocycles. The van der Waals surface area contributed by atoms with Crippen LogP contribution in [0.2, 0.25) is 0 Å². The summed E-state index contributed by atoms with van der Waals surface area (Å²) in [6, 6.07) is 0.847. The van der Waals surface area contributed by atoms with Gasteiger partial charge in [0.15, 0.2) is 0 Å². The van der Waals surface area contributed by atoms with E-state index in [1.807, 2.05) is 0 Å². The molecule has 0 aliphatic carbocycles. The third-order valence-electron chi connectivity index (χ3n) is 2.86. The molecule has 1 rings (SSSR count). The molecule has 0 bridgehead atoms. The molecule has 1 aliphatic heterocycles. The first kappa shape index (κ1) is 11.0. The maximum Gasteiger partial charge on any atom is 0.0119 e. The first-order valence-electron chi connectivity index (χ1n) is 5.64. The maximum absolute atomic E-state index is 2.69. The molecule has 1 heteroatoms. The van der Waals surface area contributed by atoms with Crippen molar-refractivity contribution in [3.8, 4) is 0 Å². The zero-order valence-corrected chi connectivity index (χ0v) is 9.93. The molecule has 1 unspecified atom stereocenters. The van der Waals surface area contributed by atoms with Crippen LogP contribution in [0.25, 0.3) is 0 Å². The highest BCUT2D eigenvalue weighted by Gasteiger charge is 2.29. The Labute approximate surface area is 83.5 Å². The molecule has 1 aliphatic rings. The zero-order valence-electron chi connectivity index (χ0n) is 9.93. The van der Waals surface area contributed by atoms with Crippen LogP contribution >= 0.6 is 0 Å². The molecule has 0 N–H and O–H groups in total. The van der Waals surface area contributed by atoms with E-state index in [0.29, 0.717) is 5.41 Å². The number of hydrogen-bond acceptors (Lipinski definition) is 1. The van der Waals surface area contributed by atoms with Crippen molar-refractivity contribution in [1.29, 1.82) is 0 Å². The Balaban J connectivity index is 2.49. The highest BCUT2D eigenvalue weighted by molar-refractivity contribution is 4.84. The fourth-order valence-corrected chi connectivity index (χ4v) is 2.41. The summed E-state index contributed by atoms with van der Waals surface area (Å²) < 4.78 is 0. The topological polar surface area (TPSA) is 3.24 Å². The highest BCUT2D eigenvalue weighted by Crippen LogP contribution is 2.27. The van der Waals surface area contributed by atoms with Crippen LogP contribution in [0.5, 0.6) is 0 Å². The Kier molecular flexibility index (Phi) is 3.39. The van der Waals surface area contributed by atoms with E-state index in [1.54, 1.807) is 0 Å². The average Bonchev–Trinajstić information content (AvgIpc) is 2.31. The SMILES string of the molecule is CC(C)C1CCCN1CC(C)(C)C. The van der Waals surface area contributed by atoms with Crippen LogP contribution in [-0.4, -0.2) is 24.0 Å². The van der Waals surface area contributed by atoms with E-state index >= 15 is 0 Å². The summed E-state index contributed by atoms with van der Waals surface area (Å²) >= 11 is 0. The van der Waals surface area contributed by atoms with Crippen LogP contribution in [0.1, 0.15) is 47.5 Å². The molecule has 78 valence electrons. The summed E-state index contributed by atoms with van der Waals surface area (Å²) in [5.74, 6) is 0.824. The van der Waals surface area contributed by atoms with Crippen LogP contribution in [0.3, 0.4) is 0 Å². The molecule has 0 radical (unpaired) electrons. The Bertz CT molecular complexity index is 155. The third kappa shape index (κ3) is 3.30. The van der Waals surface area contributed by atoms with Gasteiger partial charge in [-0.25, -0.2) is 0 Å². The first-order chi connectivity index (χ1) is 5.90. The molecule has 0 aromatic heterocycles. The Morgan fingerprint density at radius 2 is 1.92 bits per heavy atom. The largest absolute Gasteiger partial charge is 0.300 e. The van der Waals surface area contributed by atoms with Crippen molar-refractivity contribution >= 4 is 0 Å². The number of hydrogen-bond donors (Lipinski definition) is 0. The number of nitrogens with zero attached hydrogens (tertiary/aromatic N) is 1. The zero-order chi connectivity index (χ0) is 10.1. The molecule has 0 aromatic carbocycles. The standard InChI is InChI=1S/C12H25N/c1-10(2)11-7-6-8-13(11)9-12(3,4)5/h10-11H,6-9H2,1-5H3. The average molecular weight is 183 g/mol. The third-order valence-corrected chi connectivity index (χ3v) is 2.86. The van der Waals surface area contributed by atoms with Gasteiger partial charge in [0, 0.05) is 12.6 Å². The van der Waals surface area contributed by atoms with Crippen molar-refractivity contribution in [2.75, 3.05) is 13.1 Å². The van der Waals surface area contributed by atoms with Gasteiger partial charge in [0.1, 0.15) is 0 Å². The molecule has 0 spiro atoms. The minimum atomic E-state index is 0.456. The van der Waals surface area contributed by atoms with Crippen molar-refractivity contribution < 1.29 is 0 Å². The summed E-state index contributed by atoms with van der Waals surface area (Å²) in [4.78, 5) is 2.69. The first-order valence-corrected chi connectivity index (χ1v) is 5.64. The Morgan fingerprint density at radius 3 is 2.38 bits per heavy atom. The summed E-state index contributed by atoms with van der Waals surface area (Å²) in [7, 11) is 0. The molecule has 1 heterocycles. The van der Waals surface area contributed by atoms with E-state index in [9.17, 15) is 0 Å². The van der Waals surface area contributed by atoms with E-state index in [1.165, 1.54) is 25.9 Å². The smallest absolute Gasteiger partial charge is 0.0119 e. The van der Waals surface area contributed by atoms with Crippen LogP contribution in [0, 0.1) is 11.3 Å². The van der Waals surface area contributed by atoms with Crippen molar-refractivity contribution in [2.24, 2.45) is 11.3 Å². The number of likely N-dealkylation sites (tertiary alicyclic amines) is 1. The lowest BCUT2D eigenvalue weighted by molar-refractivity contribution is 0.149. The van der Waals surface area contributed by atoms with Gasteiger partial charge >= 0.3 is 0 Å². The molecule has 1 nitrogen and oxygen atoms in total.